The Morgan fingerprint density at radius 1 is 1.30 bits per heavy atom. The van der Waals surface area contributed by atoms with Crippen molar-refractivity contribution in [3.05, 3.63) is 28.7 Å². The quantitative estimate of drug-likeness (QED) is 0.782. The van der Waals surface area contributed by atoms with E-state index in [1.54, 1.807) is 4.90 Å². The molecule has 0 aromatic heterocycles. The van der Waals surface area contributed by atoms with Gasteiger partial charge in [0.15, 0.2) is 0 Å². The van der Waals surface area contributed by atoms with Gasteiger partial charge in [-0.05, 0) is 34.5 Å². The lowest BCUT2D eigenvalue weighted by Gasteiger charge is -2.18. The predicted molar refractivity (Wildman–Crippen MR) is 90.9 cm³/mol. The molecule has 1 unspecified atom stereocenters. The van der Waals surface area contributed by atoms with Crippen LogP contribution in [-0.4, -0.2) is 37.4 Å². The number of benzene rings is 1. The Kier molecular flexibility index (Phi) is 6.15. The van der Waals surface area contributed by atoms with E-state index < -0.39 is 5.92 Å². The molecule has 0 aliphatic carbocycles. The van der Waals surface area contributed by atoms with E-state index in [-0.39, 0.29) is 30.7 Å². The van der Waals surface area contributed by atoms with Crippen LogP contribution in [0.2, 0.25) is 0 Å². The van der Waals surface area contributed by atoms with Gasteiger partial charge < -0.3 is 15.5 Å². The van der Waals surface area contributed by atoms with Gasteiger partial charge in [-0.15, -0.1) is 0 Å². The summed E-state index contributed by atoms with van der Waals surface area (Å²) in [6.07, 6.45) is 1.00. The molecular weight excluding hydrogens is 362 g/mol. The number of hydrogen-bond acceptors (Lipinski definition) is 3. The summed E-state index contributed by atoms with van der Waals surface area (Å²) in [5.41, 5.74) is 0.758. The molecule has 0 radical (unpaired) electrons. The van der Waals surface area contributed by atoms with Gasteiger partial charge in [0.05, 0.1) is 18.2 Å². The van der Waals surface area contributed by atoms with E-state index in [9.17, 15) is 14.4 Å². The van der Waals surface area contributed by atoms with Crippen molar-refractivity contribution in [2.45, 2.75) is 19.8 Å². The van der Waals surface area contributed by atoms with Crippen molar-refractivity contribution in [3.63, 3.8) is 0 Å². The molecule has 1 saturated heterocycles. The van der Waals surface area contributed by atoms with Gasteiger partial charge in [0.1, 0.15) is 0 Å². The fraction of sp³-hybridized carbons (Fsp3) is 0.438. The molecule has 124 valence electrons. The van der Waals surface area contributed by atoms with E-state index in [0.717, 1.165) is 16.6 Å². The minimum absolute atomic E-state index is 0.0570. The lowest BCUT2D eigenvalue weighted by atomic mass is 10.1. The van der Waals surface area contributed by atoms with E-state index in [4.69, 9.17) is 0 Å². The Labute approximate surface area is 143 Å². The summed E-state index contributed by atoms with van der Waals surface area (Å²) in [4.78, 5) is 37.4. The lowest BCUT2D eigenvalue weighted by molar-refractivity contribution is -0.128. The Balaban J connectivity index is 1.91. The van der Waals surface area contributed by atoms with Gasteiger partial charge in [-0.25, -0.2) is 0 Å². The summed E-state index contributed by atoms with van der Waals surface area (Å²) < 4.78 is 0.813. The maximum absolute atomic E-state index is 12.2. The molecular formula is C16H20BrN3O3. The van der Waals surface area contributed by atoms with Crippen LogP contribution in [-0.2, 0) is 14.4 Å². The summed E-state index contributed by atoms with van der Waals surface area (Å²) in [5.74, 6) is -1.01. The molecule has 1 aromatic carbocycles. The number of nitrogens with one attached hydrogen (secondary N) is 2. The topological polar surface area (TPSA) is 78.5 Å². The highest BCUT2D eigenvalue weighted by molar-refractivity contribution is 9.10. The van der Waals surface area contributed by atoms with E-state index in [1.807, 2.05) is 31.2 Å². The normalized spacial score (nSPS) is 17.2. The van der Waals surface area contributed by atoms with E-state index >= 15 is 0 Å². The van der Waals surface area contributed by atoms with E-state index in [1.165, 1.54) is 0 Å². The molecule has 1 aromatic rings. The molecule has 0 spiro atoms. The zero-order valence-corrected chi connectivity index (χ0v) is 14.6. The van der Waals surface area contributed by atoms with Crippen LogP contribution in [0.25, 0.3) is 0 Å². The molecule has 0 saturated carbocycles. The van der Waals surface area contributed by atoms with Crippen LogP contribution in [0.4, 0.5) is 5.69 Å². The molecule has 2 rings (SSSR count). The summed E-state index contributed by atoms with van der Waals surface area (Å²) in [6, 6.07) is 7.40. The van der Waals surface area contributed by atoms with Crippen molar-refractivity contribution in [1.29, 1.82) is 0 Å². The first-order valence-electron chi connectivity index (χ1n) is 7.62. The molecule has 23 heavy (non-hydrogen) atoms. The van der Waals surface area contributed by atoms with Gasteiger partial charge in [-0.3, -0.25) is 14.4 Å². The molecule has 1 aliphatic heterocycles. The van der Waals surface area contributed by atoms with Crippen molar-refractivity contribution in [2.24, 2.45) is 5.92 Å². The Morgan fingerprint density at radius 2 is 2.04 bits per heavy atom. The number of rotatable bonds is 6. The molecule has 1 aliphatic rings. The van der Waals surface area contributed by atoms with Gasteiger partial charge >= 0.3 is 0 Å². The number of amides is 3. The number of nitrogens with zero attached hydrogens (tertiary/aromatic N) is 1. The number of anilines is 1. The summed E-state index contributed by atoms with van der Waals surface area (Å²) in [5, 5.41) is 5.29. The second-order valence-electron chi connectivity index (χ2n) is 5.42. The minimum Gasteiger partial charge on any atom is -0.355 e. The monoisotopic (exact) mass is 381 g/mol. The zero-order valence-electron chi connectivity index (χ0n) is 13.0. The third-order valence-corrected chi connectivity index (χ3v) is 4.30. The molecule has 2 N–H and O–H groups in total. The van der Waals surface area contributed by atoms with Gasteiger partial charge in [-0.2, -0.15) is 0 Å². The Hall–Kier alpha value is -1.89. The SMILES string of the molecule is CCCNC(=O)CNC(=O)C1CC(=O)N(c2ccccc2Br)C1. The van der Waals surface area contributed by atoms with Gasteiger partial charge in [0, 0.05) is 24.0 Å². The van der Waals surface area contributed by atoms with Crippen LogP contribution < -0.4 is 15.5 Å². The Bertz CT molecular complexity index is 606. The maximum atomic E-state index is 12.2. The average Bonchev–Trinajstić information content (AvgIpc) is 2.93. The highest BCUT2D eigenvalue weighted by Crippen LogP contribution is 2.31. The number of halogens is 1. The maximum Gasteiger partial charge on any atom is 0.239 e. The first-order valence-corrected chi connectivity index (χ1v) is 8.41. The number of hydrogen-bond donors (Lipinski definition) is 2. The molecule has 0 bridgehead atoms. The summed E-state index contributed by atoms with van der Waals surface area (Å²) >= 11 is 3.42. The van der Waals surface area contributed by atoms with Crippen LogP contribution in [0, 0.1) is 5.92 Å². The largest absolute Gasteiger partial charge is 0.355 e. The third-order valence-electron chi connectivity index (χ3n) is 3.63. The Morgan fingerprint density at radius 3 is 2.74 bits per heavy atom. The van der Waals surface area contributed by atoms with Crippen LogP contribution >= 0.6 is 15.9 Å². The summed E-state index contributed by atoms with van der Waals surface area (Å²) in [7, 11) is 0. The highest BCUT2D eigenvalue weighted by atomic mass is 79.9. The second-order valence-corrected chi connectivity index (χ2v) is 6.28. The van der Waals surface area contributed by atoms with E-state index in [0.29, 0.717) is 13.1 Å². The molecule has 1 atom stereocenters. The standard InChI is InChI=1S/C16H20BrN3O3/c1-2-7-18-14(21)9-19-16(23)11-8-15(22)20(10-11)13-6-4-3-5-12(13)17/h3-6,11H,2,7-10H2,1H3,(H,18,21)(H,19,23). The minimum atomic E-state index is -0.436. The third kappa shape index (κ3) is 4.54. The van der Waals surface area contributed by atoms with Gasteiger partial charge in [-0.1, -0.05) is 19.1 Å². The first-order chi connectivity index (χ1) is 11.0. The van der Waals surface area contributed by atoms with Crippen molar-refractivity contribution >= 4 is 39.3 Å². The highest BCUT2D eigenvalue weighted by Gasteiger charge is 2.35. The van der Waals surface area contributed by atoms with E-state index in [2.05, 4.69) is 26.6 Å². The fourth-order valence-electron chi connectivity index (χ4n) is 2.43. The fourth-order valence-corrected chi connectivity index (χ4v) is 2.92. The van der Waals surface area contributed by atoms with Crippen molar-refractivity contribution < 1.29 is 14.4 Å². The second kappa shape index (κ2) is 8.10. The van der Waals surface area contributed by atoms with Crippen molar-refractivity contribution in [2.75, 3.05) is 24.5 Å². The molecule has 1 fully saturated rings. The number of carbonyl (C=O) groups excluding carboxylic acids is 3. The lowest BCUT2D eigenvalue weighted by Crippen LogP contribution is -2.40. The molecule has 1 heterocycles. The molecule has 3 amide bonds. The van der Waals surface area contributed by atoms with Crippen molar-refractivity contribution in [3.8, 4) is 0 Å². The van der Waals surface area contributed by atoms with Crippen LogP contribution in [0.1, 0.15) is 19.8 Å². The van der Waals surface area contributed by atoms with Crippen LogP contribution in [0.5, 0.6) is 0 Å². The van der Waals surface area contributed by atoms with Crippen LogP contribution in [0.15, 0.2) is 28.7 Å². The van der Waals surface area contributed by atoms with Gasteiger partial charge in [0.2, 0.25) is 17.7 Å². The van der Waals surface area contributed by atoms with Crippen LogP contribution in [0.3, 0.4) is 0 Å². The molecule has 6 nitrogen and oxygen atoms in total. The smallest absolute Gasteiger partial charge is 0.239 e. The average molecular weight is 382 g/mol. The molecule has 7 heteroatoms. The first kappa shape index (κ1) is 17.5. The zero-order chi connectivity index (χ0) is 16.8. The van der Waals surface area contributed by atoms with Crippen molar-refractivity contribution in [1.82, 2.24) is 10.6 Å². The number of para-hydroxylation sites is 1. The number of carbonyl (C=O) groups is 3. The van der Waals surface area contributed by atoms with Gasteiger partial charge in [0.25, 0.3) is 0 Å². The predicted octanol–water partition coefficient (Wildman–Crippen LogP) is 1.44. The summed E-state index contributed by atoms with van der Waals surface area (Å²) in [6.45, 7) is 2.81.